The van der Waals surface area contributed by atoms with Gasteiger partial charge < -0.3 is 14.8 Å². The smallest absolute Gasteiger partial charge is 0.338 e. The maximum absolute atomic E-state index is 12.4. The minimum Gasteiger partial charge on any atom is -0.489 e. The molecular weight excluding hydrogens is 390 g/mol. The molecule has 148 valence electrons. The van der Waals surface area contributed by atoms with Crippen LogP contribution in [0.3, 0.4) is 0 Å². The van der Waals surface area contributed by atoms with E-state index >= 15 is 0 Å². The van der Waals surface area contributed by atoms with Crippen molar-refractivity contribution >= 4 is 29.2 Å². The first-order chi connectivity index (χ1) is 14.1. The highest BCUT2D eigenvalue weighted by atomic mass is 35.5. The molecule has 0 heterocycles. The highest BCUT2D eigenvalue weighted by Crippen LogP contribution is 2.19. The van der Waals surface area contributed by atoms with Gasteiger partial charge in [-0.3, -0.25) is 4.79 Å². The molecule has 1 amide bonds. The topological polar surface area (TPSA) is 64.6 Å². The lowest BCUT2D eigenvalue weighted by molar-refractivity contribution is 0.0526. The average Bonchev–Trinajstić information content (AvgIpc) is 2.74. The number of anilines is 1. The van der Waals surface area contributed by atoms with Crippen molar-refractivity contribution in [3.05, 3.63) is 94.5 Å². The Balaban J connectivity index is 1.57. The first-order valence-electron chi connectivity index (χ1n) is 9.11. The van der Waals surface area contributed by atoms with Crippen molar-refractivity contribution in [1.29, 1.82) is 0 Å². The van der Waals surface area contributed by atoms with Gasteiger partial charge in [-0.25, -0.2) is 4.79 Å². The number of nitrogens with one attached hydrogen (secondary N) is 1. The van der Waals surface area contributed by atoms with E-state index in [0.29, 0.717) is 40.8 Å². The van der Waals surface area contributed by atoms with Gasteiger partial charge in [0.15, 0.2) is 0 Å². The Labute approximate surface area is 174 Å². The summed E-state index contributed by atoms with van der Waals surface area (Å²) in [6.07, 6.45) is 0. The molecule has 0 aliphatic rings. The third-order valence-corrected chi connectivity index (χ3v) is 4.49. The fraction of sp³-hybridized carbons (Fsp3) is 0.130. The summed E-state index contributed by atoms with van der Waals surface area (Å²) >= 11 is 6.12. The van der Waals surface area contributed by atoms with Gasteiger partial charge in [-0.2, -0.15) is 0 Å². The molecule has 0 unspecified atom stereocenters. The van der Waals surface area contributed by atoms with Crippen molar-refractivity contribution in [2.45, 2.75) is 13.5 Å². The van der Waals surface area contributed by atoms with E-state index in [1.54, 1.807) is 55.5 Å². The van der Waals surface area contributed by atoms with Crippen molar-refractivity contribution < 1.29 is 19.1 Å². The second-order valence-electron chi connectivity index (χ2n) is 6.16. The van der Waals surface area contributed by atoms with Crippen molar-refractivity contribution in [3.8, 4) is 5.75 Å². The zero-order valence-corrected chi connectivity index (χ0v) is 16.6. The van der Waals surface area contributed by atoms with Gasteiger partial charge in [0.1, 0.15) is 12.4 Å². The number of halogens is 1. The molecule has 1 N–H and O–H groups in total. The van der Waals surface area contributed by atoms with Crippen LogP contribution in [0.4, 0.5) is 5.69 Å². The van der Waals surface area contributed by atoms with Crippen molar-refractivity contribution in [3.63, 3.8) is 0 Å². The molecule has 0 aliphatic carbocycles. The predicted octanol–water partition coefficient (Wildman–Crippen LogP) is 5.35. The van der Waals surface area contributed by atoms with Crippen LogP contribution >= 0.6 is 11.6 Å². The zero-order chi connectivity index (χ0) is 20.6. The quantitative estimate of drug-likeness (QED) is 0.534. The third-order valence-electron chi connectivity index (χ3n) is 4.12. The molecule has 3 aromatic carbocycles. The Morgan fingerprint density at radius 2 is 1.55 bits per heavy atom. The van der Waals surface area contributed by atoms with Crippen LogP contribution in [-0.4, -0.2) is 18.5 Å². The molecular formula is C23H20ClNO4. The van der Waals surface area contributed by atoms with Crippen molar-refractivity contribution in [1.82, 2.24) is 0 Å². The lowest BCUT2D eigenvalue weighted by Crippen LogP contribution is -2.12. The normalized spacial score (nSPS) is 10.3. The summed E-state index contributed by atoms with van der Waals surface area (Å²) in [5, 5.41) is 3.44. The summed E-state index contributed by atoms with van der Waals surface area (Å²) < 4.78 is 10.7. The van der Waals surface area contributed by atoms with Crippen LogP contribution in [0.1, 0.15) is 33.2 Å². The highest BCUT2D eigenvalue weighted by molar-refractivity contribution is 6.31. The van der Waals surface area contributed by atoms with Crippen LogP contribution in [0, 0.1) is 0 Å². The Morgan fingerprint density at radius 3 is 2.21 bits per heavy atom. The number of carbonyl (C=O) groups excluding carboxylic acids is 2. The van der Waals surface area contributed by atoms with Crippen LogP contribution in [-0.2, 0) is 11.3 Å². The van der Waals surface area contributed by atoms with E-state index in [1.165, 1.54) is 0 Å². The molecule has 0 aromatic heterocycles. The van der Waals surface area contributed by atoms with E-state index in [2.05, 4.69) is 5.32 Å². The SMILES string of the molecule is CCOC(=O)c1ccc(NC(=O)c2ccc(OCc3ccccc3Cl)cc2)cc1. The molecule has 3 rings (SSSR count). The van der Waals surface area contributed by atoms with Gasteiger partial charge in [0.05, 0.1) is 12.2 Å². The van der Waals surface area contributed by atoms with Gasteiger partial charge >= 0.3 is 5.97 Å². The third kappa shape index (κ3) is 5.59. The van der Waals surface area contributed by atoms with E-state index in [0.717, 1.165) is 5.56 Å². The fourth-order valence-corrected chi connectivity index (χ4v) is 2.78. The molecule has 0 radical (unpaired) electrons. The summed E-state index contributed by atoms with van der Waals surface area (Å²) in [4.78, 5) is 24.1. The maximum Gasteiger partial charge on any atom is 0.338 e. The predicted molar refractivity (Wildman–Crippen MR) is 113 cm³/mol. The summed E-state index contributed by atoms with van der Waals surface area (Å²) in [5.74, 6) is -0.00967. The summed E-state index contributed by atoms with van der Waals surface area (Å²) in [6, 6.07) is 20.8. The Kier molecular flexibility index (Phi) is 6.87. The Morgan fingerprint density at radius 1 is 0.897 bits per heavy atom. The van der Waals surface area contributed by atoms with E-state index in [4.69, 9.17) is 21.1 Å². The lowest BCUT2D eigenvalue weighted by Gasteiger charge is -2.09. The van der Waals surface area contributed by atoms with Gasteiger partial charge in [-0.1, -0.05) is 29.8 Å². The zero-order valence-electron chi connectivity index (χ0n) is 15.9. The van der Waals surface area contributed by atoms with Gasteiger partial charge in [-0.05, 0) is 61.5 Å². The van der Waals surface area contributed by atoms with Crippen molar-refractivity contribution in [2.75, 3.05) is 11.9 Å². The number of esters is 1. The number of carbonyl (C=O) groups is 2. The number of rotatable bonds is 7. The largest absolute Gasteiger partial charge is 0.489 e. The van der Waals surface area contributed by atoms with Crippen LogP contribution < -0.4 is 10.1 Å². The van der Waals surface area contributed by atoms with Gasteiger partial charge in [0, 0.05) is 21.8 Å². The van der Waals surface area contributed by atoms with Crippen molar-refractivity contribution in [2.24, 2.45) is 0 Å². The van der Waals surface area contributed by atoms with Crippen LogP contribution in [0.25, 0.3) is 0 Å². The van der Waals surface area contributed by atoms with E-state index < -0.39 is 5.97 Å². The Hall–Kier alpha value is -3.31. The summed E-state index contributed by atoms with van der Waals surface area (Å²) in [5.41, 5.74) is 2.40. The minimum atomic E-state index is -0.391. The summed E-state index contributed by atoms with van der Waals surface area (Å²) in [6.45, 7) is 2.41. The second kappa shape index (κ2) is 9.75. The number of hydrogen-bond donors (Lipinski definition) is 1. The van der Waals surface area contributed by atoms with Crippen LogP contribution in [0.5, 0.6) is 5.75 Å². The maximum atomic E-state index is 12.4. The van der Waals surface area contributed by atoms with Gasteiger partial charge in [0.2, 0.25) is 0 Å². The molecule has 0 saturated heterocycles. The molecule has 5 nitrogen and oxygen atoms in total. The number of ether oxygens (including phenoxy) is 2. The van der Waals surface area contributed by atoms with E-state index in [-0.39, 0.29) is 5.91 Å². The molecule has 0 aliphatic heterocycles. The lowest BCUT2D eigenvalue weighted by atomic mass is 10.1. The summed E-state index contributed by atoms with van der Waals surface area (Å²) in [7, 11) is 0. The fourth-order valence-electron chi connectivity index (χ4n) is 2.59. The highest BCUT2D eigenvalue weighted by Gasteiger charge is 2.09. The molecule has 0 fully saturated rings. The minimum absolute atomic E-state index is 0.258. The molecule has 6 heteroatoms. The monoisotopic (exact) mass is 409 g/mol. The number of amides is 1. The van der Waals surface area contributed by atoms with E-state index in [1.807, 2.05) is 24.3 Å². The van der Waals surface area contributed by atoms with Gasteiger partial charge in [-0.15, -0.1) is 0 Å². The molecule has 0 spiro atoms. The first-order valence-corrected chi connectivity index (χ1v) is 9.49. The standard InChI is InChI=1S/C23H20ClNO4/c1-2-28-23(27)17-7-11-19(12-8-17)25-22(26)16-9-13-20(14-10-16)29-15-18-5-3-4-6-21(18)24/h3-14H,2,15H2,1H3,(H,25,26). The molecule has 3 aromatic rings. The van der Waals surface area contributed by atoms with Crippen LogP contribution in [0.15, 0.2) is 72.8 Å². The van der Waals surface area contributed by atoms with E-state index in [9.17, 15) is 9.59 Å². The molecule has 0 atom stereocenters. The Bertz CT molecular complexity index is 985. The molecule has 29 heavy (non-hydrogen) atoms. The number of benzene rings is 3. The first kappa shape index (κ1) is 20.4. The molecule has 0 bridgehead atoms. The van der Waals surface area contributed by atoms with Crippen LogP contribution in [0.2, 0.25) is 5.02 Å². The van der Waals surface area contributed by atoms with Gasteiger partial charge in [0.25, 0.3) is 5.91 Å². The average molecular weight is 410 g/mol. The molecule has 0 saturated carbocycles. The number of hydrogen-bond acceptors (Lipinski definition) is 4. The second-order valence-corrected chi connectivity index (χ2v) is 6.56.